The summed E-state index contributed by atoms with van der Waals surface area (Å²) in [4.78, 5) is 24.0. The Labute approximate surface area is 172 Å². The second kappa shape index (κ2) is 7.39. The van der Waals surface area contributed by atoms with Gasteiger partial charge in [0, 0.05) is 31.4 Å². The molecule has 0 bridgehead atoms. The van der Waals surface area contributed by atoms with Gasteiger partial charge >= 0.3 is 0 Å². The van der Waals surface area contributed by atoms with Gasteiger partial charge in [0.2, 0.25) is 5.95 Å². The fourth-order valence-corrected chi connectivity index (χ4v) is 5.32. The molecule has 1 atom stereocenters. The highest BCUT2D eigenvalue weighted by atomic mass is 32.2. The number of hydrogen-bond donors (Lipinski definition) is 2. The molecule has 3 heterocycles. The number of amides is 1. The molecule has 0 radical (unpaired) electrons. The van der Waals surface area contributed by atoms with Crippen molar-refractivity contribution in [2.75, 3.05) is 29.6 Å². The van der Waals surface area contributed by atoms with Crippen LogP contribution in [-0.4, -0.2) is 61.4 Å². The first kappa shape index (κ1) is 20.3. The zero-order valence-corrected chi connectivity index (χ0v) is 18.1. The fourth-order valence-electron chi connectivity index (χ4n) is 4.41. The quantitative estimate of drug-likeness (QED) is 0.771. The Morgan fingerprint density at radius 3 is 2.52 bits per heavy atom. The first-order chi connectivity index (χ1) is 13.6. The third kappa shape index (κ3) is 4.05. The van der Waals surface area contributed by atoms with Gasteiger partial charge in [-0.3, -0.25) is 9.69 Å². The van der Waals surface area contributed by atoms with Crippen LogP contribution < -0.4 is 15.0 Å². The predicted molar refractivity (Wildman–Crippen MR) is 111 cm³/mol. The van der Waals surface area contributed by atoms with Gasteiger partial charge in [0.05, 0.1) is 6.20 Å². The Kier molecular flexibility index (Phi) is 5.18. The third-order valence-corrected chi connectivity index (χ3v) is 7.38. The van der Waals surface area contributed by atoms with Crippen LogP contribution >= 0.6 is 0 Å². The number of carbonyl (C=O) groups excluding carboxylic acids is 1. The zero-order chi connectivity index (χ0) is 20.8. The molecule has 1 unspecified atom stereocenters. The summed E-state index contributed by atoms with van der Waals surface area (Å²) < 4.78 is 27.3. The molecule has 3 aliphatic rings. The molecule has 2 aliphatic heterocycles. The SMILES string of the molecule is CC1(C)Oc2cnc(NC3CCN(S(C)(=N)=O)CC3)nc2N(C2CCCC2)C1=O. The Morgan fingerprint density at radius 1 is 1.24 bits per heavy atom. The number of piperidine rings is 1. The topological polar surface area (TPSA) is 112 Å². The van der Waals surface area contributed by atoms with E-state index >= 15 is 0 Å². The number of fused-ring (bicyclic) bond motifs is 1. The van der Waals surface area contributed by atoms with Crippen LogP contribution in [0.25, 0.3) is 0 Å². The number of nitrogens with one attached hydrogen (secondary N) is 2. The number of ether oxygens (including phenoxy) is 1. The van der Waals surface area contributed by atoms with E-state index in [0.29, 0.717) is 30.6 Å². The van der Waals surface area contributed by atoms with Crippen molar-refractivity contribution in [3.63, 3.8) is 0 Å². The van der Waals surface area contributed by atoms with Gasteiger partial charge in [-0.2, -0.15) is 4.98 Å². The largest absolute Gasteiger partial charge is 0.472 e. The van der Waals surface area contributed by atoms with Crippen LogP contribution in [0.5, 0.6) is 5.75 Å². The minimum absolute atomic E-state index is 0.0528. The van der Waals surface area contributed by atoms with Crippen LogP contribution in [0.1, 0.15) is 52.4 Å². The van der Waals surface area contributed by atoms with Crippen molar-refractivity contribution in [1.29, 1.82) is 4.78 Å². The molecule has 1 aliphatic carbocycles. The summed E-state index contributed by atoms with van der Waals surface area (Å²) in [7, 11) is -2.65. The molecule has 160 valence electrons. The van der Waals surface area contributed by atoms with E-state index in [4.69, 9.17) is 9.52 Å². The molecule has 1 saturated carbocycles. The maximum absolute atomic E-state index is 13.1. The number of hydrogen-bond acceptors (Lipinski definition) is 7. The van der Waals surface area contributed by atoms with Gasteiger partial charge < -0.3 is 10.1 Å². The maximum Gasteiger partial charge on any atom is 0.272 e. The van der Waals surface area contributed by atoms with E-state index in [1.54, 1.807) is 24.3 Å². The number of aromatic nitrogens is 2. The molecular formula is C19H30N6O3S. The van der Waals surface area contributed by atoms with Crippen LogP contribution in [0.2, 0.25) is 0 Å². The van der Waals surface area contributed by atoms with Crippen molar-refractivity contribution in [1.82, 2.24) is 14.3 Å². The highest BCUT2D eigenvalue weighted by molar-refractivity contribution is 7.89. The summed E-state index contributed by atoms with van der Waals surface area (Å²) >= 11 is 0. The molecule has 0 spiro atoms. The highest BCUT2D eigenvalue weighted by Gasteiger charge is 2.45. The predicted octanol–water partition coefficient (Wildman–Crippen LogP) is 2.39. The first-order valence-corrected chi connectivity index (χ1v) is 12.2. The van der Waals surface area contributed by atoms with E-state index in [9.17, 15) is 9.00 Å². The Balaban J connectivity index is 1.54. The smallest absolute Gasteiger partial charge is 0.272 e. The average molecular weight is 423 g/mol. The maximum atomic E-state index is 13.1. The highest BCUT2D eigenvalue weighted by Crippen LogP contribution is 2.40. The van der Waals surface area contributed by atoms with Crippen molar-refractivity contribution in [3.8, 4) is 5.75 Å². The zero-order valence-electron chi connectivity index (χ0n) is 17.3. The number of nitrogens with zero attached hydrogens (tertiary/aromatic N) is 4. The molecule has 4 rings (SSSR count). The fraction of sp³-hybridized carbons (Fsp3) is 0.737. The van der Waals surface area contributed by atoms with Crippen LogP contribution in [-0.2, 0) is 14.7 Å². The molecule has 1 aromatic rings. The molecule has 9 nitrogen and oxygen atoms in total. The summed E-state index contributed by atoms with van der Waals surface area (Å²) in [5, 5.41) is 3.35. The monoisotopic (exact) mass is 422 g/mol. The molecule has 0 aromatic carbocycles. The van der Waals surface area contributed by atoms with Crippen LogP contribution in [0.3, 0.4) is 0 Å². The second-order valence-electron chi connectivity index (χ2n) is 8.76. The molecule has 1 saturated heterocycles. The molecule has 1 amide bonds. The normalized spacial score (nSPS) is 25.3. The van der Waals surface area contributed by atoms with E-state index < -0.39 is 15.5 Å². The Hall–Kier alpha value is -1.94. The van der Waals surface area contributed by atoms with Crippen LogP contribution in [0.4, 0.5) is 11.8 Å². The second-order valence-corrected chi connectivity index (χ2v) is 10.9. The molecule has 2 fully saturated rings. The van der Waals surface area contributed by atoms with Crippen molar-refractivity contribution >= 4 is 27.6 Å². The van der Waals surface area contributed by atoms with Gasteiger partial charge in [-0.05, 0) is 39.5 Å². The van der Waals surface area contributed by atoms with Crippen molar-refractivity contribution in [3.05, 3.63) is 6.20 Å². The van der Waals surface area contributed by atoms with Gasteiger partial charge in [0.1, 0.15) is 9.92 Å². The number of carbonyl (C=O) groups is 1. The molecule has 29 heavy (non-hydrogen) atoms. The van der Waals surface area contributed by atoms with E-state index in [1.165, 1.54) is 6.26 Å². The van der Waals surface area contributed by atoms with Gasteiger partial charge in [0.25, 0.3) is 5.91 Å². The summed E-state index contributed by atoms with van der Waals surface area (Å²) in [6, 6.07) is 0.299. The Morgan fingerprint density at radius 2 is 1.90 bits per heavy atom. The van der Waals surface area contributed by atoms with Gasteiger partial charge in [0.15, 0.2) is 17.2 Å². The summed E-state index contributed by atoms with van der Waals surface area (Å²) in [5.74, 6) is 1.52. The molecule has 2 N–H and O–H groups in total. The van der Waals surface area contributed by atoms with Crippen LogP contribution in [0, 0.1) is 4.78 Å². The number of rotatable bonds is 4. The van der Waals surface area contributed by atoms with Crippen molar-refractivity contribution in [2.45, 2.75) is 70.1 Å². The summed E-state index contributed by atoms with van der Waals surface area (Å²) in [5.41, 5.74) is -0.926. The lowest BCUT2D eigenvalue weighted by Gasteiger charge is -2.40. The Bertz CT molecular complexity index is 889. The van der Waals surface area contributed by atoms with E-state index in [2.05, 4.69) is 15.3 Å². The molecule has 1 aromatic heterocycles. The lowest BCUT2D eigenvalue weighted by atomic mass is 10.0. The first-order valence-electron chi connectivity index (χ1n) is 10.3. The van der Waals surface area contributed by atoms with Crippen molar-refractivity contribution in [2.24, 2.45) is 0 Å². The third-order valence-electron chi connectivity index (χ3n) is 6.03. The lowest BCUT2D eigenvalue weighted by molar-refractivity contribution is -0.133. The van der Waals surface area contributed by atoms with Gasteiger partial charge in [-0.1, -0.05) is 12.8 Å². The van der Waals surface area contributed by atoms with Gasteiger partial charge in [-0.25, -0.2) is 18.3 Å². The van der Waals surface area contributed by atoms with E-state index in [1.807, 2.05) is 4.90 Å². The summed E-state index contributed by atoms with van der Waals surface area (Å²) in [6.07, 6.45) is 8.85. The summed E-state index contributed by atoms with van der Waals surface area (Å²) in [6.45, 7) is 4.79. The average Bonchev–Trinajstić information content (AvgIpc) is 3.17. The molecular weight excluding hydrogens is 392 g/mol. The minimum atomic E-state index is -2.65. The van der Waals surface area contributed by atoms with E-state index in [0.717, 1.165) is 38.5 Å². The molecule has 10 heteroatoms. The standard InChI is InChI=1S/C19H30N6O3S/c1-19(2)17(26)25(14-6-4-5-7-14)16-15(28-19)12-21-18(23-16)22-13-8-10-24(11-9-13)29(3,20)27/h12-14,20H,4-11H2,1-3H3,(H,21,22,23). The lowest BCUT2D eigenvalue weighted by Crippen LogP contribution is -2.56. The van der Waals surface area contributed by atoms with Crippen LogP contribution in [0.15, 0.2) is 6.20 Å². The minimum Gasteiger partial charge on any atom is -0.472 e. The van der Waals surface area contributed by atoms with E-state index in [-0.39, 0.29) is 18.0 Å². The van der Waals surface area contributed by atoms with Gasteiger partial charge in [-0.15, -0.1) is 0 Å². The number of anilines is 2. The van der Waals surface area contributed by atoms with Crippen molar-refractivity contribution < 1.29 is 13.7 Å².